The van der Waals surface area contributed by atoms with E-state index in [2.05, 4.69) is 5.32 Å². The molecule has 3 fully saturated rings. The Bertz CT molecular complexity index is 323. The smallest absolute Gasteiger partial charge is 0.223 e. The van der Waals surface area contributed by atoms with Crippen molar-refractivity contribution in [2.45, 2.75) is 44.9 Å². The lowest BCUT2D eigenvalue weighted by atomic mass is 9.88. The Kier molecular flexibility index (Phi) is 3.55. The van der Waals surface area contributed by atoms with E-state index < -0.39 is 6.36 Å². The average Bonchev–Trinajstić information content (AvgIpc) is 2.98. The maximum atomic E-state index is 13.0. The molecule has 0 aromatic carbocycles. The molecule has 0 aromatic rings. The first-order valence-electron chi connectivity index (χ1n) is 7.25. The van der Waals surface area contributed by atoms with E-state index in [1.807, 2.05) is 0 Å². The highest BCUT2D eigenvalue weighted by molar-refractivity contribution is 5.79. The van der Waals surface area contributed by atoms with Gasteiger partial charge in [-0.1, -0.05) is 6.42 Å². The number of nitrogens with one attached hydrogen (secondary N) is 1. The highest BCUT2D eigenvalue weighted by atomic mass is 19.1. The van der Waals surface area contributed by atoms with E-state index >= 15 is 0 Å². The lowest BCUT2D eigenvalue weighted by Crippen LogP contribution is -2.38. The first-order chi connectivity index (χ1) is 8.72. The summed E-state index contributed by atoms with van der Waals surface area (Å²) in [4.78, 5) is 12.1. The molecule has 1 heterocycles. The normalized spacial score (nSPS) is 43.1. The van der Waals surface area contributed by atoms with Crippen LogP contribution in [-0.2, 0) is 9.53 Å². The number of amides is 1. The fraction of sp³-hybridized carbons (Fsp3) is 0.929. The molecule has 102 valence electrons. The standard InChI is InChI=1S/C14H22FNO2/c15-13-7-10(3-4-18-13)8-16-14(17)12-6-9-1-2-11(12)5-9/h9-13H,1-8H2,(H,16,17). The molecule has 1 aliphatic heterocycles. The summed E-state index contributed by atoms with van der Waals surface area (Å²) in [5.74, 6) is 2.12. The summed E-state index contributed by atoms with van der Waals surface area (Å²) < 4.78 is 17.9. The Labute approximate surface area is 107 Å². The van der Waals surface area contributed by atoms with Crippen molar-refractivity contribution in [3.8, 4) is 0 Å². The van der Waals surface area contributed by atoms with Gasteiger partial charge in [0.25, 0.3) is 0 Å². The van der Waals surface area contributed by atoms with Crippen molar-refractivity contribution in [1.29, 1.82) is 0 Å². The molecule has 1 amide bonds. The van der Waals surface area contributed by atoms with E-state index in [-0.39, 0.29) is 17.7 Å². The summed E-state index contributed by atoms with van der Waals surface area (Å²) in [7, 11) is 0. The Balaban J connectivity index is 1.44. The molecular weight excluding hydrogens is 233 g/mol. The highest BCUT2D eigenvalue weighted by Crippen LogP contribution is 2.48. The molecule has 0 spiro atoms. The van der Waals surface area contributed by atoms with Crippen molar-refractivity contribution in [2.24, 2.45) is 23.7 Å². The second-order valence-corrected chi connectivity index (χ2v) is 6.20. The lowest BCUT2D eigenvalue weighted by Gasteiger charge is -2.26. The van der Waals surface area contributed by atoms with Crippen molar-refractivity contribution < 1.29 is 13.9 Å². The maximum absolute atomic E-state index is 13.0. The van der Waals surface area contributed by atoms with Crippen LogP contribution in [0.1, 0.15) is 38.5 Å². The number of carbonyl (C=O) groups excluding carboxylic acids is 1. The van der Waals surface area contributed by atoms with E-state index in [1.54, 1.807) is 0 Å². The predicted molar refractivity (Wildman–Crippen MR) is 65.5 cm³/mol. The third-order valence-corrected chi connectivity index (χ3v) is 4.98. The van der Waals surface area contributed by atoms with Gasteiger partial charge in [-0.25, -0.2) is 4.39 Å². The van der Waals surface area contributed by atoms with Gasteiger partial charge < -0.3 is 10.1 Å². The quantitative estimate of drug-likeness (QED) is 0.840. The number of halogens is 1. The van der Waals surface area contributed by atoms with Gasteiger partial charge in [0, 0.05) is 18.9 Å². The summed E-state index contributed by atoms with van der Waals surface area (Å²) in [6.45, 7) is 1.10. The van der Waals surface area contributed by atoms with Gasteiger partial charge in [0.05, 0.1) is 6.61 Å². The minimum Gasteiger partial charge on any atom is -0.356 e. The molecule has 3 nitrogen and oxygen atoms in total. The maximum Gasteiger partial charge on any atom is 0.223 e. The molecule has 1 N–H and O–H groups in total. The molecule has 5 unspecified atom stereocenters. The first-order valence-corrected chi connectivity index (χ1v) is 7.25. The zero-order valence-corrected chi connectivity index (χ0v) is 10.7. The SMILES string of the molecule is O=C(NCC1CCOC(F)C1)C1CC2CCC1C2. The van der Waals surface area contributed by atoms with E-state index in [4.69, 9.17) is 4.74 Å². The van der Waals surface area contributed by atoms with Crippen molar-refractivity contribution >= 4 is 5.91 Å². The summed E-state index contributed by atoms with van der Waals surface area (Å²) in [5, 5.41) is 3.04. The van der Waals surface area contributed by atoms with E-state index in [0.29, 0.717) is 25.5 Å². The number of fused-ring (bicyclic) bond motifs is 2. The molecule has 18 heavy (non-hydrogen) atoms. The number of ether oxygens (including phenoxy) is 1. The second kappa shape index (κ2) is 5.16. The van der Waals surface area contributed by atoms with Gasteiger partial charge in [0.1, 0.15) is 0 Å². The van der Waals surface area contributed by atoms with E-state index in [1.165, 1.54) is 19.3 Å². The average molecular weight is 255 g/mol. The van der Waals surface area contributed by atoms with Gasteiger partial charge in [0.2, 0.25) is 5.91 Å². The molecule has 3 rings (SSSR count). The van der Waals surface area contributed by atoms with Crippen LogP contribution in [0.15, 0.2) is 0 Å². The first kappa shape index (κ1) is 12.4. The summed E-state index contributed by atoms with van der Waals surface area (Å²) in [5.41, 5.74) is 0. The minimum atomic E-state index is -1.14. The Morgan fingerprint density at radius 3 is 2.78 bits per heavy atom. The van der Waals surface area contributed by atoms with Gasteiger partial charge in [-0.3, -0.25) is 4.79 Å². The largest absolute Gasteiger partial charge is 0.356 e. The molecule has 3 aliphatic rings. The molecule has 4 heteroatoms. The van der Waals surface area contributed by atoms with Crippen LogP contribution in [0.4, 0.5) is 4.39 Å². The number of hydrogen-bond donors (Lipinski definition) is 1. The fourth-order valence-electron chi connectivity index (χ4n) is 3.94. The minimum absolute atomic E-state index is 0.212. The number of carbonyl (C=O) groups is 1. The van der Waals surface area contributed by atoms with Crippen LogP contribution in [-0.4, -0.2) is 25.4 Å². The Morgan fingerprint density at radius 1 is 1.22 bits per heavy atom. The summed E-state index contributed by atoms with van der Waals surface area (Å²) >= 11 is 0. The van der Waals surface area contributed by atoms with Crippen LogP contribution in [0, 0.1) is 23.7 Å². The second-order valence-electron chi connectivity index (χ2n) is 6.20. The Hall–Kier alpha value is -0.640. The van der Waals surface area contributed by atoms with Crippen molar-refractivity contribution in [3.05, 3.63) is 0 Å². The third kappa shape index (κ3) is 2.53. The van der Waals surface area contributed by atoms with Crippen molar-refractivity contribution in [2.75, 3.05) is 13.2 Å². The van der Waals surface area contributed by atoms with Crippen LogP contribution >= 0.6 is 0 Å². The van der Waals surface area contributed by atoms with Gasteiger partial charge in [-0.15, -0.1) is 0 Å². The highest BCUT2D eigenvalue weighted by Gasteiger charge is 2.43. The van der Waals surface area contributed by atoms with Gasteiger partial charge in [-0.2, -0.15) is 0 Å². The van der Waals surface area contributed by atoms with Crippen molar-refractivity contribution in [3.63, 3.8) is 0 Å². The van der Waals surface area contributed by atoms with Gasteiger partial charge >= 0.3 is 0 Å². The monoisotopic (exact) mass is 255 g/mol. The van der Waals surface area contributed by atoms with Gasteiger partial charge in [-0.05, 0) is 43.4 Å². The summed E-state index contributed by atoms with van der Waals surface area (Å²) in [6, 6.07) is 0. The van der Waals surface area contributed by atoms with Crippen LogP contribution < -0.4 is 5.32 Å². The molecule has 0 radical (unpaired) electrons. The number of hydrogen-bond acceptors (Lipinski definition) is 2. The van der Waals surface area contributed by atoms with E-state index in [0.717, 1.165) is 18.8 Å². The van der Waals surface area contributed by atoms with Crippen LogP contribution in [0.2, 0.25) is 0 Å². The topological polar surface area (TPSA) is 38.3 Å². The van der Waals surface area contributed by atoms with Crippen LogP contribution in [0.3, 0.4) is 0 Å². The third-order valence-electron chi connectivity index (χ3n) is 4.98. The molecule has 2 aliphatic carbocycles. The lowest BCUT2D eigenvalue weighted by molar-refractivity contribution is -0.127. The summed E-state index contributed by atoms with van der Waals surface area (Å²) in [6.07, 6.45) is 5.03. The molecule has 2 saturated carbocycles. The molecule has 2 bridgehead atoms. The van der Waals surface area contributed by atoms with E-state index in [9.17, 15) is 9.18 Å². The zero-order valence-electron chi connectivity index (χ0n) is 10.7. The molecule has 0 aromatic heterocycles. The zero-order chi connectivity index (χ0) is 12.5. The van der Waals surface area contributed by atoms with Crippen LogP contribution in [0.5, 0.6) is 0 Å². The van der Waals surface area contributed by atoms with Crippen LogP contribution in [0.25, 0.3) is 0 Å². The van der Waals surface area contributed by atoms with Crippen molar-refractivity contribution in [1.82, 2.24) is 5.32 Å². The number of alkyl halides is 1. The van der Waals surface area contributed by atoms with Gasteiger partial charge in [0.15, 0.2) is 6.36 Å². The molecule has 1 saturated heterocycles. The fourth-order valence-corrected chi connectivity index (χ4v) is 3.94. The number of rotatable bonds is 3. The molecular formula is C14H22FNO2. The molecule has 5 atom stereocenters. The predicted octanol–water partition coefficient (Wildman–Crippen LogP) is 2.26. The Morgan fingerprint density at radius 2 is 2.11 bits per heavy atom.